The minimum Gasteiger partial charge on any atom is -0.490 e. The molecule has 0 aliphatic carbocycles. The maximum absolute atomic E-state index is 14.5. The van der Waals surface area contributed by atoms with Crippen LogP contribution in [0.2, 0.25) is 0 Å². The van der Waals surface area contributed by atoms with E-state index in [-0.39, 0.29) is 17.1 Å². The number of aryl methyl sites for hydroxylation is 1. The van der Waals surface area contributed by atoms with Crippen molar-refractivity contribution < 1.29 is 22.6 Å². The zero-order valence-corrected chi connectivity index (χ0v) is 15.7. The largest absolute Gasteiger partial charge is 0.490 e. The van der Waals surface area contributed by atoms with Crippen LogP contribution in [-0.4, -0.2) is 6.61 Å². The van der Waals surface area contributed by atoms with Gasteiger partial charge in [0.15, 0.2) is 0 Å². The van der Waals surface area contributed by atoms with Gasteiger partial charge in [0, 0.05) is 0 Å². The molecule has 5 heteroatoms. The summed E-state index contributed by atoms with van der Waals surface area (Å²) in [5, 5.41) is 1.28. The first-order chi connectivity index (χ1) is 13.4. The van der Waals surface area contributed by atoms with Crippen LogP contribution in [0.25, 0.3) is 10.8 Å². The van der Waals surface area contributed by atoms with Crippen LogP contribution < -0.4 is 9.47 Å². The van der Waals surface area contributed by atoms with Gasteiger partial charge in [-0.1, -0.05) is 25.1 Å². The summed E-state index contributed by atoms with van der Waals surface area (Å²) in [5.41, 5.74) is 0.293. The lowest BCUT2D eigenvalue weighted by atomic mass is 10.0. The molecule has 3 aromatic rings. The number of rotatable bonds is 7. The monoisotopic (exact) mass is 386 g/mol. The third-order valence-electron chi connectivity index (χ3n) is 4.38. The van der Waals surface area contributed by atoms with Crippen molar-refractivity contribution in [2.75, 3.05) is 6.61 Å². The van der Waals surface area contributed by atoms with Gasteiger partial charge in [-0.2, -0.15) is 8.78 Å². The Bertz CT molecular complexity index is 979. The van der Waals surface area contributed by atoms with Crippen LogP contribution in [0.1, 0.15) is 25.0 Å². The SMILES string of the molecule is C/C=C/COc1ccc(C(F)(F)Oc2ccc3cc(CC)c(F)cc3c2)cc1. The Hall–Kier alpha value is -2.95. The molecule has 0 saturated carbocycles. The molecule has 28 heavy (non-hydrogen) atoms. The van der Waals surface area contributed by atoms with Crippen LogP contribution >= 0.6 is 0 Å². The van der Waals surface area contributed by atoms with E-state index in [0.29, 0.717) is 29.7 Å². The zero-order valence-electron chi connectivity index (χ0n) is 15.7. The summed E-state index contributed by atoms with van der Waals surface area (Å²) in [6, 6.07) is 13.1. The minimum atomic E-state index is -3.53. The van der Waals surface area contributed by atoms with Gasteiger partial charge >= 0.3 is 6.11 Å². The summed E-state index contributed by atoms with van der Waals surface area (Å²) < 4.78 is 53.4. The van der Waals surface area contributed by atoms with E-state index in [0.717, 1.165) is 5.39 Å². The molecule has 0 amide bonds. The van der Waals surface area contributed by atoms with E-state index < -0.39 is 6.11 Å². The second-order valence-electron chi connectivity index (χ2n) is 6.33. The highest BCUT2D eigenvalue weighted by atomic mass is 19.3. The maximum Gasteiger partial charge on any atom is 0.426 e. The van der Waals surface area contributed by atoms with E-state index in [2.05, 4.69) is 0 Å². The third-order valence-corrected chi connectivity index (χ3v) is 4.38. The second kappa shape index (κ2) is 8.38. The molecule has 0 aromatic heterocycles. The lowest BCUT2D eigenvalue weighted by Crippen LogP contribution is -2.21. The average molecular weight is 386 g/mol. The first-order valence-corrected chi connectivity index (χ1v) is 9.06. The van der Waals surface area contributed by atoms with Crippen molar-refractivity contribution >= 4 is 10.8 Å². The van der Waals surface area contributed by atoms with Crippen molar-refractivity contribution in [1.29, 1.82) is 0 Å². The number of benzene rings is 3. The predicted molar refractivity (Wildman–Crippen MR) is 105 cm³/mol. The Morgan fingerprint density at radius 3 is 2.32 bits per heavy atom. The van der Waals surface area contributed by atoms with Gasteiger partial charge in [0.2, 0.25) is 0 Å². The van der Waals surface area contributed by atoms with Gasteiger partial charge in [-0.3, -0.25) is 0 Å². The van der Waals surface area contributed by atoms with Gasteiger partial charge in [-0.25, -0.2) is 4.39 Å². The van der Waals surface area contributed by atoms with Gasteiger partial charge < -0.3 is 9.47 Å². The average Bonchev–Trinajstić information content (AvgIpc) is 2.68. The lowest BCUT2D eigenvalue weighted by Gasteiger charge is -2.19. The summed E-state index contributed by atoms with van der Waals surface area (Å²) in [5.74, 6) is 0.104. The highest BCUT2D eigenvalue weighted by molar-refractivity contribution is 5.84. The number of alkyl halides is 2. The van der Waals surface area contributed by atoms with E-state index in [1.165, 1.54) is 42.5 Å². The van der Waals surface area contributed by atoms with E-state index in [1.807, 2.05) is 26.0 Å². The van der Waals surface area contributed by atoms with Crippen molar-refractivity contribution in [3.05, 3.63) is 83.7 Å². The standard InChI is InChI=1S/C23H21F3O2/c1-3-5-12-27-20-10-7-19(8-11-20)23(25,26)28-21-9-6-17-13-16(4-2)22(24)15-18(17)14-21/h3,5-11,13-15H,4,12H2,1-2H3/b5-3+. The van der Waals surface area contributed by atoms with Gasteiger partial charge in [0.05, 0.1) is 5.56 Å². The number of allylic oxidation sites excluding steroid dienone is 1. The van der Waals surface area contributed by atoms with Crippen LogP contribution in [0.15, 0.2) is 66.7 Å². The van der Waals surface area contributed by atoms with E-state index in [1.54, 1.807) is 12.1 Å². The van der Waals surface area contributed by atoms with Crippen LogP contribution in [0.3, 0.4) is 0 Å². The Morgan fingerprint density at radius 1 is 0.929 bits per heavy atom. The molecule has 0 radical (unpaired) electrons. The first kappa shape index (κ1) is 19.8. The molecule has 0 fully saturated rings. The lowest BCUT2D eigenvalue weighted by molar-refractivity contribution is -0.185. The van der Waals surface area contributed by atoms with Crippen molar-refractivity contribution in [3.8, 4) is 11.5 Å². The minimum absolute atomic E-state index is 0.0328. The molecule has 0 unspecified atom stereocenters. The van der Waals surface area contributed by atoms with Crippen molar-refractivity contribution in [2.45, 2.75) is 26.4 Å². The Kier molecular flexibility index (Phi) is 5.93. The Balaban J connectivity index is 1.79. The van der Waals surface area contributed by atoms with E-state index >= 15 is 0 Å². The molecule has 0 aliphatic rings. The highest BCUT2D eigenvalue weighted by Crippen LogP contribution is 2.34. The summed E-state index contributed by atoms with van der Waals surface area (Å²) in [4.78, 5) is 0. The smallest absolute Gasteiger partial charge is 0.426 e. The number of halogens is 3. The first-order valence-electron chi connectivity index (χ1n) is 9.06. The van der Waals surface area contributed by atoms with Crippen molar-refractivity contribution in [2.24, 2.45) is 0 Å². The number of hydrogen-bond donors (Lipinski definition) is 0. The fraction of sp³-hybridized carbons (Fsp3) is 0.217. The molecule has 0 N–H and O–H groups in total. The van der Waals surface area contributed by atoms with Gasteiger partial charge in [-0.05, 0) is 78.2 Å². The molecular formula is C23H21F3O2. The molecular weight excluding hydrogens is 365 g/mol. The molecule has 0 heterocycles. The Morgan fingerprint density at radius 2 is 1.64 bits per heavy atom. The van der Waals surface area contributed by atoms with E-state index in [9.17, 15) is 13.2 Å². The highest BCUT2D eigenvalue weighted by Gasteiger charge is 2.34. The van der Waals surface area contributed by atoms with Crippen LogP contribution in [-0.2, 0) is 12.5 Å². The fourth-order valence-electron chi connectivity index (χ4n) is 2.82. The van der Waals surface area contributed by atoms with Gasteiger partial charge in [0.1, 0.15) is 23.9 Å². The number of ether oxygens (including phenoxy) is 2. The quantitative estimate of drug-likeness (QED) is 0.425. The maximum atomic E-state index is 14.5. The molecule has 3 aromatic carbocycles. The third kappa shape index (κ3) is 4.47. The molecule has 0 aliphatic heterocycles. The Labute approximate surface area is 162 Å². The predicted octanol–water partition coefficient (Wildman–Crippen LogP) is 6.62. The van der Waals surface area contributed by atoms with Crippen LogP contribution in [0, 0.1) is 5.82 Å². The molecule has 2 nitrogen and oxygen atoms in total. The molecule has 146 valence electrons. The second-order valence-corrected chi connectivity index (χ2v) is 6.33. The van der Waals surface area contributed by atoms with Crippen molar-refractivity contribution in [3.63, 3.8) is 0 Å². The van der Waals surface area contributed by atoms with Crippen molar-refractivity contribution in [1.82, 2.24) is 0 Å². The molecule has 0 spiro atoms. The van der Waals surface area contributed by atoms with Crippen LogP contribution in [0.4, 0.5) is 13.2 Å². The number of hydrogen-bond acceptors (Lipinski definition) is 2. The molecule has 0 saturated heterocycles. The molecule has 0 bridgehead atoms. The van der Waals surface area contributed by atoms with Gasteiger partial charge in [0.25, 0.3) is 0 Å². The zero-order chi connectivity index (χ0) is 20.1. The summed E-state index contributed by atoms with van der Waals surface area (Å²) >= 11 is 0. The van der Waals surface area contributed by atoms with Crippen LogP contribution in [0.5, 0.6) is 11.5 Å². The summed E-state index contributed by atoms with van der Waals surface area (Å²) in [6.07, 6.45) is 0.691. The summed E-state index contributed by atoms with van der Waals surface area (Å²) in [6.45, 7) is 4.10. The van der Waals surface area contributed by atoms with Gasteiger partial charge in [-0.15, -0.1) is 0 Å². The summed E-state index contributed by atoms with van der Waals surface area (Å²) in [7, 11) is 0. The van der Waals surface area contributed by atoms with E-state index in [4.69, 9.17) is 9.47 Å². The normalized spacial score (nSPS) is 11.9. The topological polar surface area (TPSA) is 18.5 Å². The molecule has 3 rings (SSSR count). The fourth-order valence-corrected chi connectivity index (χ4v) is 2.82. The molecule has 0 atom stereocenters. The number of fused-ring (bicyclic) bond motifs is 1.